The van der Waals surface area contributed by atoms with Gasteiger partial charge in [0.2, 0.25) is 0 Å². The van der Waals surface area contributed by atoms with Crippen molar-refractivity contribution in [2.75, 3.05) is 27.3 Å². The number of aryl methyl sites for hydroxylation is 1. The number of hydrogen-bond acceptors (Lipinski definition) is 5. The van der Waals surface area contributed by atoms with E-state index >= 15 is 0 Å². The molecule has 0 bridgehead atoms. The highest BCUT2D eigenvalue weighted by Gasteiger charge is 2.21. The van der Waals surface area contributed by atoms with Crippen molar-refractivity contribution in [2.24, 2.45) is 5.92 Å². The first-order valence-electron chi connectivity index (χ1n) is 10.4. The molecule has 1 aromatic heterocycles. The van der Waals surface area contributed by atoms with Gasteiger partial charge in [0.25, 0.3) is 0 Å². The van der Waals surface area contributed by atoms with Crippen LogP contribution >= 0.6 is 0 Å². The number of fused-ring (bicyclic) bond motifs is 1. The second-order valence-electron chi connectivity index (χ2n) is 7.97. The third-order valence-corrected chi connectivity index (χ3v) is 5.79. The molecule has 154 valence electrons. The maximum Gasteiger partial charge on any atom is 0.161 e. The number of piperidine rings is 1. The molecule has 0 aliphatic carbocycles. The summed E-state index contributed by atoms with van der Waals surface area (Å²) in [4.78, 5) is 7.43. The largest absolute Gasteiger partial charge is 0.493 e. The normalized spacial score (nSPS) is 16.9. The number of likely N-dealkylation sites (tertiary alicyclic amines) is 1. The lowest BCUT2D eigenvalue weighted by Gasteiger charge is -2.30. The smallest absolute Gasteiger partial charge is 0.161 e. The zero-order valence-electron chi connectivity index (χ0n) is 17.8. The SMILES string of the molecule is COc1ccc(-c2nc3cc(C)ccc3cc2CN2CCC[C@@H](C#N)C2)cc1OC. The van der Waals surface area contributed by atoms with E-state index in [9.17, 15) is 5.26 Å². The van der Waals surface area contributed by atoms with Crippen LogP contribution in [0.4, 0.5) is 0 Å². The summed E-state index contributed by atoms with van der Waals surface area (Å²) in [5.41, 5.74) is 5.29. The molecular formula is C25H27N3O2. The molecule has 2 heterocycles. The predicted molar refractivity (Wildman–Crippen MR) is 119 cm³/mol. The molecule has 1 aliphatic heterocycles. The Bertz CT molecular complexity index is 1100. The van der Waals surface area contributed by atoms with Crippen LogP contribution in [0, 0.1) is 24.2 Å². The standard InChI is InChI=1S/C25H27N3O2/c1-17-6-7-19-12-21(16-28-10-4-5-18(14-26)15-28)25(27-22(19)11-17)20-8-9-23(29-2)24(13-20)30-3/h6-9,11-13,18H,4-5,10,15-16H2,1-3H3/t18-/m0/s1. The topological polar surface area (TPSA) is 58.4 Å². The molecule has 1 aliphatic rings. The number of rotatable bonds is 5. The third-order valence-electron chi connectivity index (χ3n) is 5.79. The van der Waals surface area contributed by atoms with E-state index in [1.54, 1.807) is 14.2 Å². The molecule has 0 N–H and O–H groups in total. The molecule has 1 fully saturated rings. The Hall–Kier alpha value is -3.10. The quantitative estimate of drug-likeness (QED) is 0.605. The minimum Gasteiger partial charge on any atom is -0.493 e. The summed E-state index contributed by atoms with van der Waals surface area (Å²) in [6.07, 6.45) is 2.05. The zero-order chi connectivity index (χ0) is 21.1. The Morgan fingerprint density at radius 1 is 1.10 bits per heavy atom. The molecule has 2 aromatic carbocycles. The van der Waals surface area contributed by atoms with Gasteiger partial charge in [0.05, 0.1) is 37.4 Å². The maximum absolute atomic E-state index is 9.37. The predicted octanol–water partition coefficient (Wildman–Crippen LogP) is 4.96. The molecule has 4 rings (SSSR count). The number of nitriles is 1. The fraction of sp³-hybridized carbons (Fsp3) is 0.360. The van der Waals surface area contributed by atoms with Gasteiger partial charge in [-0.05, 0) is 67.8 Å². The van der Waals surface area contributed by atoms with Gasteiger partial charge in [-0.1, -0.05) is 12.1 Å². The van der Waals surface area contributed by atoms with E-state index in [2.05, 4.69) is 42.2 Å². The minimum atomic E-state index is 0.111. The van der Waals surface area contributed by atoms with E-state index in [0.717, 1.165) is 60.2 Å². The van der Waals surface area contributed by atoms with Crippen LogP contribution in [0.25, 0.3) is 22.2 Å². The second-order valence-corrected chi connectivity index (χ2v) is 7.97. The van der Waals surface area contributed by atoms with Crippen molar-refractivity contribution >= 4 is 10.9 Å². The number of nitrogens with zero attached hydrogens (tertiary/aromatic N) is 3. The van der Waals surface area contributed by atoms with Crippen LogP contribution < -0.4 is 9.47 Å². The lowest BCUT2D eigenvalue weighted by Crippen LogP contribution is -2.34. The van der Waals surface area contributed by atoms with Crippen molar-refractivity contribution < 1.29 is 9.47 Å². The highest BCUT2D eigenvalue weighted by atomic mass is 16.5. The van der Waals surface area contributed by atoms with Gasteiger partial charge in [-0.25, -0.2) is 4.98 Å². The molecule has 0 spiro atoms. The summed E-state index contributed by atoms with van der Waals surface area (Å²) in [5, 5.41) is 10.5. The zero-order valence-corrected chi connectivity index (χ0v) is 17.8. The van der Waals surface area contributed by atoms with Gasteiger partial charge in [-0.3, -0.25) is 4.90 Å². The molecular weight excluding hydrogens is 374 g/mol. The van der Waals surface area contributed by atoms with Crippen molar-refractivity contribution in [3.8, 4) is 28.8 Å². The van der Waals surface area contributed by atoms with Crippen molar-refractivity contribution in [3.63, 3.8) is 0 Å². The Morgan fingerprint density at radius 2 is 1.93 bits per heavy atom. The van der Waals surface area contributed by atoms with Crippen LogP contribution in [0.3, 0.4) is 0 Å². The summed E-state index contributed by atoms with van der Waals surface area (Å²) in [5.74, 6) is 1.50. The van der Waals surface area contributed by atoms with Crippen LogP contribution in [0.2, 0.25) is 0 Å². The molecule has 1 saturated heterocycles. The molecule has 5 heteroatoms. The first-order chi connectivity index (χ1) is 14.6. The summed E-state index contributed by atoms with van der Waals surface area (Å²) < 4.78 is 10.9. The number of methoxy groups -OCH3 is 2. The number of aromatic nitrogens is 1. The van der Waals surface area contributed by atoms with Gasteiger partial charge in [0.1, 0.15) is 0 Å². The third kappa shape index (κ3) is 4.10. The average molecular weight is 402 g/mol. The van der Waals surface area contributed by atoms with E-state index < -0.39 is 0 Å². The van der Waals surface area contributed by atoms with Gasteiger partial charge < -0.3 is 9.47 Å². The highest BCUT2D eigenvalue weighted by molar-refractivity contribution is 5.84. The Kier molecular flexibility index (Phi) is 5.87. The summed E-state index contributed by atoms with van der Waals surface area (Å²) in [6, 6.07) is 17.0. The summed E-state index contributed by atoms with van der Waals surface area (Å²) >= 11 is 0. The summed E-state index contributed by atoms with van der Waals surface area (Å²) in [7, 11) is 3.29. The summed E-state index contributed by atoms with van der Waals surface area (Å²) in [6.45, 7) is 4.68. The van der Waals surface area contributed by atoms with E-state index in [-0.39, 0.29) is 5.92 Å². The average Bonchev–Trinajstić information content (AvgIpc) is 2.78. The van der Waals surface area contributed by atoms with Crippen molar-refractivity contribution in [1.82, 2.24) is 9.88 Å². The van der Waals surface area contributed by atoms with Gasteiger partial charge in [-0.15, -0.1) is 0 Å². The fourth-order valence-electron chi connectivity index (χ4n) is 4.22. The first-order valence-corrected chi connectivity index (χ1v) is 10.4. The van der Waals surface area contributed by atoms with Crippen LogP contribution in [0.5, 0.6) is 11.5 Å². The Balaban J connectivity index is 1.80. The molecule has 0 amide bonds. The van der Waals surface area contributed by atoms with Crippen LogP contribution in [-0.4, -0.2) is 37.2 Å². The molecule has 0 saturated carbocycles. The monoisotopic (exact) mass is 401 g/mol. The van der Waals surface area contributed by atoms with E-state index in [1.165, 1.54) is 5.56 Å². The van der Waals surface area contributed by atoms with Crippen LogP contribution in [-0.2, 0) is 6.54 Å². The lowest BCUT2D eigenvalue weighted by molar-refractivity contribution is 0.192. The first kappa shape index (κ1) is 20.2. The van der Waals surface area contributed by atoms with Gasteiger partial charge in [0, 0.05) is 24.0 Å². The molecule has 0 unspecified atom stereocenters. The number of benzene rings is 2. The number of pyridine rings is 1. The second kappa shape index (κ2) is 8.73. The van der Waals surface area contributed by atoms with Crippen molar-refractivity contribution in [3.05, 3.63) is 53.6 Å². The molecule has 5 nitrogen and oxygen atoms in total. The van der Waals surface area contributed by atoms with E-state index in [4.69, 9.17) is 14.5 Å². The number of hydrogen-bond donors (Lipinski definition) is 0. The van der Waals surface area contributed by atoms with E-state index in [0.29, 0.717) is 11.5 Å². The highest BCUT2D eigenvalue weighted by Crippen LogP contribution is 2.35. The van der Waals surface area contributed by atoms with Crippen molar-refractivity contribution in [2.45, 2.75) is 26.3 Å². The van der Waals surface area contributed by atoms with Crippen LogP contribution in [0.1, 0.15) is 24.0 Å². The molecule has 0 radical (unpaired) electrons. The van der Waals surface area contributed by atoms with Gasteiger partial charge in [0.15, 0.2) is 11.5 Å². The Labute approximate surface area is 177 Å². The Morgan fingerprint density at radius 3 is 2.70 bits per heavy atom. The lowest BCUT2D eigenvalue weighted by atomic mass is 9.97. The van der Waals surface area contributed by atoms with Gasteiger partial charge >= 0.3 is 0 Å². The van der Waals surface area contributed by atoms with Crippen molar-refractivity contribution in [1.29, 1.82) is 5.26 Å². The molecule has 3 aromatic rings. The van der Waals surface area contributed by atoms with Crippen LogP contribution in [0.15, 0.2) is 42.5 Å². The molecule has 30 heavy (non-hydrogen) atoms. The fourth-order valence-corrected chi connectivity index (χ4v) is 4.22. The number of ether oxygens (including phenoxy) is 2. The maximum atomic E-state index is 9.37. The molecule has 1 atom stereocenters. The minimum absolute atomic E-state index is 0.111. The van der Waals surface area contributed by atoms with E-state index in [1.807, 2.05) is 18.2 Å². The van der Waals surface area contributed by atoms with Gasteiger partial charge in [-0.2, -0.15) is 5.26 Å².